The zero-order valence-corrected chi connectivity index (χ0v) is 17.9. The van der Waals surface area contributed by atoms with Gasteiger partial charge in [-0.2, -0.15) is 0 Å². The Morgan fingerprint density at radius 2 is 1.55 bits per heavy atom. The van der Waals surface area contributed by atoms with Crippen molar-refractivity contribution in [3.8, 4) is 0 Å². The van der Waals surface area contributed by atoms with Crippen LogP contribution >= 0.6 is 0 Å². The van der Waals surface area contributed by atoms with Crippen LogP contribution in [0.3, 0.4) is 0 Å². The first-order valence-corrected chi connectivity index (χ1v) is 11.5. The Hall–Kier alpha value is -2.15. The van der Waals surface area contributed by atoms with E-state index in [0.717, 1.165) is 25.2 Å². The van der Waals surface area contributed by atoms with Crippen molar-refractivity contribution >= 4 is 21.8 Å². The number of benzene rings is 1. The maximum absolute atomic E-state index is 13.3. The summed E-state index contributed by atoms with van der Waals surface area (Å²) in [5.41, 5.74) is 0. The number of morpholine rings is 1. The van der Waals surface area contributed by atoms with Gasteiger partial charge in [0.1, 0.15) is 0 Å². The molecule has 1 aromatic carbocycles. The van der Waals surface area contributed by atoms with Gasteiger partial charge in [-0.15, -0.1) is 0 Å². The van der Waals surface area contributed by atoms with Gasteiger partial charge in [-0.05, 0) is 18.2 Å². The van der Waals surface area contributed by atoms with Gasteiger partial charge in [0.25, 0.3) is 0 Å². The Balaban J connectivity index is 1.40. The van der Waals surface area contributed by atoms with Gasteiger partial charge in [0.15, 0.2) is 11.6 Å². The molecule has 31 heavy (non-hydrogen) atoms. The molecule has 3 rings (SSSR count). The maximum Gasteiger partial charge on any atom is 0.240 e. The smallest absolute Gasteiger partial charge is 0.240 e. The number of hydrogen-bond acceptors (Lipinski definition) is 6. The van der Waals surface area contributed by atoms with Gasteiger partial charge in [-0.1, -0.05) is 0 Å². The maximum atomic E-state index is 13.3. The summed E-state index contributed by atoms with van der Waals surface area (Å²) in [5, 5.41) is 0. The third-order valence-electron chi connectivity index (χ3n) is 5.28. The Morgan fingerprint density at radius 3 is 2.16 bits per heavy atom. The molecule has 2 saturated heterocycles. The highest BCUT2D eigenvalue weighted by Gasteiger charge is 2.26. The van der Waals surface area contributed by atoms with E-state index in [1.54, 1.807) is 9.80 Å². The van der Waals surface area contributed by atoms with E-state index >= 15 is 0 Å². The van der Waals surface area contributed by atoms with Crippen LogP contribution in [-0.2, 0) is 24.3 Å². The standard InChI is InChI=1S/C19H26F2N4O5S/c20-16-2-1-15(13-17(16)21)31(28,29)22-4-3-18(26)24-5-7-25(8-6-24)19(27)14-23-9-11-30-12-10-23/h1-2,13,22H,3-12,14H2. The average Bonchev–Trinajstić information content (AvgIpc) is 2.76. The molecule has 172 valence electrons. The van der Waals surface area contributed by atoms with Crippen LogP contribution in [-0.4, -0.2) is 101 Å². The Labute approximate surface area is 180 Å². The van der Waals surface area contributed by atoms with Gasteiger partial charge in [0.05, 0.1) is 24.7 Å². The van der Waals surface area contributed by atoms with Gasteiger partial charge in [-0.25, -0.2) is 21.9 Å². The Morgan fingerprint density at radius 1 is 0.935 bits per heavy atom. The predicted molar refractivity (Wildman–Crippen MR) is 107 cm³/mol. The summed E-state index contributed by atoms with van der Waals surface area (Å²) >= 11 is 0. The van der Waals surface area contributed by atoms with Crippen LogP contribution in [0.4, 0.5) is 8.78 Å². The van der Waals surface area contributed by atoms with Crippen molar-refractivity contribution in [3.05, 3.63) is 29.8 Å². The average molecular weight is 461 g/mol. The fraction of sp³-hybridized carbons (Fsp3) is 0.579. The summed E-state index contributed by atoms with van der Waals surface area (Å²) in [6.45, 7) is 4.47. The number of carbonyl (C=O) groups excluding carboxylic acids is 2. The molecule has 0 radical (unpaired) electrons. The number of rotatable bonds is 7. The fourth-order valence-corrected chi connectivity index (χ4v) is 4.48. The minimum Gasteiger partial charge on any atom is -0.379 e. The minimum atomic E-state index is -4.05. The highest BCUT2D eigenvalue weighted by molar-refractivity contribution is 7.89. The summed E-state index contributed by atoms with van der Waals surface area (Å²) in [5.74, 6) is -2.63. The number of hydrogen-bond donors (Lipinski definition) is 1. The second-order valence-electron chi connectivity index (χ2n) is 7.37. The Bertz CT molecular complexity index is 901. The van der Waals surface area contributed by atoms with E-state index < -0.39 is 26.6 Å². The van der Waals surface area contributed by atoms with Crippen LogP contribution in [0.2, 0.25) is 0 Å². The lowest BCUT2D eigenvalue weighted by molar-refractivity contribution is -0.140. The molecule has 2 aliphatic heterocycles. The molecule has 0 saturated carbocycles. The zero-order chi connectivity index (χ0) is 22.4. The molecule has 0 spiro atoms. The van der Waals surface area contributed by atoms with Gasteiger partial charge < -0.3 is 14.5 Å². The monoisotopic (exact) mass is 460 g/mol. The molecule has 2 amide bonds. The fourth-order valence-electron chi connectivity index (χ4n) is 3.43. The number of nitrogens with zero attached hydrogens (tertiary/aromatic N) is 3. The number of piperazine rings is 1. The van der Waals surface area contributed by atoms with Crippen molar-refractivity contribution in [2.24, 2.45) is 0 Å². The molecule has 1 aromatic rings. The van der Waals surface area contributed by atoms with Crippen LogP contribution in [0.25, 0.3) is 0 Å². The van der Waals surface area contributed by atoms with Crippen molar-refractivity contribution in [3.63, 3.8) is 0 Å². The number of nitrogens with one attached hydrogen (secondary N) is 1. The van der Waals surface area contributed by atoms with E-state index in [4.69, 9.17) is 4.74 Å². The van der Waals surface area contributed by atoms with E-state index in [9.17, 15) is 26.8 Å². The van der Waals surface area contributed by atoms with Crippen LogP contribution in [0, 0.1) is 11.6 Å². The topological polar surface area (TPSA) is 99.3 Å². The SMILES string of the molecule is O=C(CCNS(=O)(=O)c1ccc(F)c(F)c1)N1CCN(C(=O)CN2CCOCC2)CC1. The van der Waals surface area contributed by atoms with Crippen LogP contribution in [0.15, 0.2) is 23.1 Å². The second-order valence-corrected chi connectivity index (χ2v) is 9.14. The Kier molecular flexibility index (Phi) is 7.92. The van der Waals surface area contributed by atoms with Crippen LogP contribution < -0.4 is 4.72 Å². The number of sulfonamides is 1. The third kappa shape index (κ3) is 6.42. The lowest BCUT2D eigenvalue weighted by atomic mass is 10.2. The molecule has 0 unspecified atom stereocenters. The van der Waals surface area contributed by atoms with Crippen molar-refractivity contribution in [2.45, 2.75) is 11.3 Å². The largest absolute Gasteiger partial charge is 0.379 e. The normalized spacial score (nSPS) is 18.3. The van der Waals surface area contributed by atoms with E-state index in [1.807, 2.05) is 4.90 Å². The lowest BCUT2D eigenvalue weighted by Gasteiger charge is -2.36. The molecular weight excluding hydrogens is 434 g/mol. The number of amides is 2. The number of carbonyl (C=O) groups is 2. The summed E-state index contributed by atoms with van der Waals surface area (Å²) in [6.07, 6.45) is -0.0787. The summed E-state index contributed by atoms with van der Waals surface area (Å²) in [4.78, 5) is 29.7. The first-order chi connectivity index (χ1) is 14.8. The molecule has 0 bridgehead atoms. The van der Waals surface area contributed by atoms with Gasteiger partial charge in [0.2, 0.25) is 21.8 Å². The molecule has 0 aromatic heterocycles. The van der Waals surface area contributed by atoms with Gasteiger partial charge in [-0.3, -0.25) is 14.5 Å². The van der Waals surface area contributed by atoms with E-state index in [1.165, 1.54) is 0 Å². The molecule has 12 heteroatoms. The molecule has 2 fully saturated rings. The summed E-state index contributed by atoms with van der Waals surface area (Å²) < 4.78 is 58.0. The lowest BCUT2D eigenvalue weighted by Crippen LogP contribution is -2.53. The first-order valence-electron chi connectivity index (χ1n) is 10.1. The zero-order valence-electron chi connectivity index (χ0n) is 17.1. The van der Waals surface area contributed by atoms with Crippen molar-refractivity contribution in [1.29, 1.82) is 0 Å². The molecule has 2 aliphatic rings. The van der Waals surface area contributed by atoms with Crippen molar-refractivity contribution in [2.75, 3.05) is 65.6 Å². The number of ether oxygens (including phenoxy) is 1. The first kappa shape index (κ1) is 23.5. The highest BCUT2D eigenvalue weighted by Crippen LogP contribution is 2.14. The minimum absolute atomic E-state index is 0.0216. The van der Waals surface area contributed by atoms with Crippen LogP contribution in [0.1, 0.15) is 6.42 Å². The van der Waals surface area contributed by atoms with Crippen molar-refractivity contribution < 1.29 is 31.5 Å². The second kappa shape index (κ2) is 10.4. The molecule has 1 N–H and O–H groups in total. The summed E-state index contributed by atoms with van der Waals surface area (Å²) in [7, 11) is -4.05. The van der Waals surface area contributed by atoms with E-state index in [0.29, 0.717) is 52.0 Å². The highest BCUT2D eigenvalue weighted by atomic mass is 32.2. The van der Waals surface area contributed by atoms with E-state index in [2.05, 4.69) is 4.72 Å². The summed E-state index contributed by atoms with van der Waals surface area (Å²) in [6, 6.07) is 2.28. The van der Waals surface area contributed by atoms with Crippen LogP contribution in [0.5, 0.6) is 0 Å². The van der Waals surface area contributed by atoms with Gasteiger partial charge in [0, 0.05) is 52.2 Å². The quantitative estimate of drug-likeness (QED) is 0.597. The molecule has 0 aliphatic carbocycles. The molecular formula is C19H26F2N4O5S. The van der Waals surface area contributed by atoms with Crippen molar-refractivity contribution in [1.82, 2.24) is 19.4 Å². The molecule has 0 atom stereocenters. The van der Waals surface area contributed by atoms with E-state index in [-0.39, 0.29) is 24.8 Å². The van der Waals surface area contributed by atoms with Gasteiger partial charge >= 0.3 is 0 Å². The molecule has 2 heterocycles. The third-order valence-corrected chi connectivity index (χ3v) is 6.74. The number of halogens is 2. The molecule has 9 nitrogen and oxygen atoms in total. The predicted octanol–water partition coefficient (Wildman–Crippen LogP) is -0.364.